The van der Waals surface area contributed by atoms with Gasteiger partial charge < -0.3 is 16.2 Å². The average molecular weight is 277 g/mol. The summed E-state index contributed by atoms with van der Waals surface area (Å²) in [5.74, 6) is 0.424. The highest BCUT2D eigenvalue weighted by Gasteiger charge is 2.27. The van der Waals surface area contributed by atoms with Crippen LogP contribution in [0.25, 0.3) is 0 Å². The van der Waals surface area contributed by atoms with Gasteiger partial charge in [0.05, 0.1) is 0 Å². The van der Waals surface area contributed by atoms with Gasteiger partial charge in [-0.2, -0.15) is 0 Å². The van der Waals surface area contributed by atoms with Gasteiger partial charge in [0.15, 0.2) is 5.54 Å². The second-order valence-corrected chi connectivity index (χ2v) is 2.66. The molecule has 1 atom stereocenters. The molecule has 0 saturated carbocycles. The van der Waals surface area contributed by atoms with Crippen LogP contribution in [-0.2, 0) is 9.59 Å². The number of hydrogen-bond donors (Lipinski definition) is 3. The van der Waals surface area contributed by atoms with Crippen molar-refractivity contribution in [3.63, 3.8) is 0 Å². The Kier molecular flexibility index (Phi) is 7.56. The monoisotopic (exact) mass is 276 g/mol. The number of carbonyl (C=O) groups is 2. The van der Waals surface area contributed by atoms with Crippen LogP contribution in [0.2, 0.25) is 0 Å². The van der Waals surface area contributed by atoms with Crippen LogP contribution < -0.4 is 11.1 Å². The molecule has 84 valence electrons. The zero-order valence-electron chi connectivity index (χ0n) is 8.19. The first kappa shape index (κ1) is 16.1. The predicted octanol–water partition coefficient (Wildman–Crippen LogP) is -0.328. The molecule has 0 aliphatic carbocycles. The summed E-state index contributed by atoms with van der Waals surface area (Å²) in [7, 11) is 0. The van der Waals surface area contributed by atoms with Crippen molar-refractivity contribution in [2.75, 3.05) is 6.54 Å². The molecule has 0 radical (unpaired) electrons. The maximum atomic E-state index is 10.6. The molecule has 0 aromatic heterocycles. The predicted molar refractivity (Wildman–Crippen MR) is 61.5 cm³/mol. The van der Waals surface area contributed by atoms with Gasteiger partial charge in [0.2, 0.25) is 5.91 Å². The first-order valence-electron chi connectivity index (χ1n) is 3.84. The van der Waals surface area contributed by atoms with E-state index in [4.69, 9.17) is 17.3 Å². The third kappa shape index (κ3) is 5.88. The first-order valence-corrected chi connectivity index (χ1v) is 3.84. The van der Waals surface area contributed by atoms with E-state index in [1.807, 2.05) is 5.92 Å². The number of carboxylic acid groups (broad SMARTS) is 1. The van der Waals surface area contributed by atoms with E-state index < -0.39 is 11.5 Å². The molecule has 0 bridgehead atoms. The van der Waals surface area contributed by atoms with E-state index in [0.29, 0.717) is 0 Å². The normalized spacial score (nSPS) is 13.4. The number of carbonyl (C=O) groups excluding carboxylic acids is 1. The lowest BCUT2D eigenvalue weighted by molar-refractivity contribution is -0.139. The van der Waals surface area contributed by atoms with E-state index in [1.54, 1.807) is 0 Å². The maximum Gasteiger partial charge on any atom is 0.340 e. The Morgan fingerprint density at radius 1 is 1.67 bits per heavy atom. The SMILES string of the molecule is Br.C#CC(N)(C=CCNC(C)=O)C(=O)O. The summed E-state index contributed by atoms with van der Waals surface area (Å²) in [4.78, 5) is 21.0. The van der Waals surface area contributed by atoms with E-state index in [0.717, 1.165) is 6.08 Å². The van der Waals surface area contributed by atoms with Crippen LogP contribution in [0.5, 0.6) is 0 Å². The van der Waals surface area contributed by atoms with Crippen LogP contribution in [-0.4, -0.2) is 29.1 Å². The molecule has 0 heterocycles. The van der Waals surface area contributed by atoms with E-state index in [9.17, 15) is 9.59 Å². The van der Waals surface area contributed by atoms with Crippen LogP contribution in [0.1, 0.15) is 6.92 Å². The molecule has 1 amide bonds. The number of aliphatic carboxylic acids is 1. The third-order valence-corrected chi connectivity index (χ3v) is 1.44. The van der Waals surface area contributed by atoms with Crippen molar-refractivity contribution < 1.29 is 14.7 Å². The van der Waals surface area contributed by atoms with E-state index in [-0.39, 0.29) is 29.4 Å². The molecule has 0 aromatic rings. The Morgan fingerprint density at radius 3 is 2.53 bits per heavy atom. The minimum absolute atomic E-state index is 0. The van der Waals surface area contributed by atoms with Crippen LogP contribution in [0, 0.1) is 12.3 Å². The zero-order valence-corrected chi connectivity index (χ0v) is 9.90. The van der Waals surface area contributed by atoms with Crippen molar-refractivity contribution in [2.24, 2.45) is 5.73 Å². The molecular formula is C9H13BrN2O3. The van der Waals surface area contributed by atoms with E-state index in [2.05, 4.69) is 5.32 Å². The highest BCUT2D eigenvalue weighted by Crippen LogP contribution is 2.00. The molecule has 0 spiro atoms. The van der Waals surface area contributed by atoms with Crippen molar-refractivity contribution in [1.82, 2.24) is 5.32 Å². The van der Waals surface area contributed by atoms with Crippen LogP contribution in [0.4, 0.5) is 0 Å². The molecule has 4 N–H and O–H groups in total. The summed E-state index contributed by atoms with van der Waals surface area (Å²) >= 11 is 0. The molecule has 0 aromatic carbocycles. The lowest BCUT2D eigenvalue weighted by Crippen LogP contribution is -2.44. The molecule has 15 heavy (non-hydrogen) atoms. The Balaban J connectivity index is 0. The van der Waals surface area contributed by atoms with Gasteiger partial charge in [0.1, 0.15) is 0 Å². The summed E-state index contributed by atoms with van der Waals surface area (Å²) in [5, 5.41) is 11.1. The molecule has 1 unspecified atom stereocenters. The summed E-state index contributed by atoms with van der Waals surface area (Å²) < 4.78 is 0. The Morgan fingerprint density at radius 2 is 2.20 bits per heavy atom. The third-order valence-electron chi connectivity index (χ3n) is 1.44. The molecule has 6 heteroatoms. The van der Waals surface area contributed by atoms with Crippen molar-refractivity contribution in [2.45, 2.75) is 12.5 Å². The van der Waals surface area contributed by atoms with Crippen molar-refractivity contribution >= 4 is 28.9 Å². The van der Waals surface area contributed by atoms with Crippen molar-refractivity contribution in [3.8, 4) is 12.3 Å². The van der Waals surface area contributed by atoms with Crippen LogP contribution in [0.3, 0.4) is 0 Å². The fraction of sp³-hybridized carbons (Fsp3) is 0.333. The number of rotatable bonds is 4. The number of hydrogen-bond acceptors (Lipinski definition) is 3. The lowest BCUT2D eigenvalue weighted by atomic mass is 10.0. The van der Waals surface area contributed by atoms with Gasteiger partial charge >= 0.3 is 5.97 Å². The Hall–Kier alpha value is -1.32. The number of halogens is 1. The summed E-state index contributed by atoms with van der Waals surface area (Å²) in [5.41, 5.74) is 3.51. The largest absolute Gasteiger partial charge is 0.479 e. The Labute approximate surface area is 98.5 Å². The maximum absolute atomic E-state index is 10.6. The van der Waals surface area contributed by atoms with Crippen molar-refractivity contribution in [3.05, 3.63) is 12.2 Å². The zero-order chi connectivity index (χ0) is 11.2. The van der Waals surface area contributed by atoms with Gasteiger partial charge in [-0.05, 0) is 6.08 Å². The van der Waals surface area contributed by atoms with Gasteiger partial charge in [-0.15, -0.1) is 23.4 Å². The highest BCUT2D eigenvalue weighted by atomic mass is 79.9. The minimum Gasteiger partial charge on any atom is -0.479 e. The molecule has 0 aliphatic heterocycles. The first-order chi connectivity index (χ1) is 6.42. The second-order valence-electron chi connectivity index (χ2n) is 2.66. The summed E-state index contributed by atoms with van der Waals surface area (Å²) in [6, 6.07) is 0. The summed E-state index contributed by atoms with van der Waals surface area (Å²) in [6.45, 7) is 1.55. The van der Waals surface area contributed by atoms with Gasteiger partial charge in [-0.25, -0.2) is 4.79 Å². The van der Waals surface area contributed by atoms with E-state index >= 15 is 0 Å². The number of amides is 1. The fourth-order valence-corrected chi connectivity index (χ4v) is 0.629. The fourth-order valence-electron chi connectivity index (χ4n) is 0.629. The smallest absolute Gasteiger partial charge is 0.340 e. The standard InChI is InChI=1S/C9H12N2O3.BrH/c1-3-9(10,8(13)14)5-4-6-11-7(2)12;/h1,4-5H,6,10H2,2H3,(H,11,12)(H,13,14);1H. The van der Waals surface area contributed by atoms with Gasteiger partial charge in [0, 0.05) is 13.5 Å². The molecule has 5 nitrogen and oxygen atoms in total. The average Bonchev–Trinajstić information content (AvgIpc) is 2.11. The van der Waals surface area contributed by atoms with Crippen LogP contribution >= 0.6 is 17.0 Å². The van der Waals surface area contributed by atoms with Crippen molar-refractivity contribution in [1.29, 1.82) is 0 Å². The van der Waals surface area contributed by atoms with Gasteiger partial charge in [0.25, 0.3) is 0 Å². The minimum atomic E-state index is -1.81. The number of carboxylic acids is 1. The summed E-state index contributed by atoms with van der Waals surface area (Å²) in [6.07, 6.45) is 7.51. The lowest BCUT2D eigenvalue weighted by Gasteiger charge is -2.12. The molecule has 0 fully saturated rings. The van der Waals surface area contributed by atoms with E-state index in [1.165, 1.54) is 13.0 Å². The van der Waals surface area contributed by atoms with Crippen LogP contribution in [0.15, 0.2) is 12.2 Å². The second kappa shape index (κ2) is 7.04. The number of nitrogens with two attached hydrogens (primary N) is 1. The molecule has 0 aliphatic rings. The van der Waals surface area contributed by atoms with Gasteiger partial charge in [-0.3, -0.25) is 4.79 Å². The van der Waals surface area contributed by atoms with Gasteiger partial charge in [-0.1, -0.05) is 12.0 Å². The molecule has 0 rings (SSSR count). The topological polar surface area (TPSA) is 92.4 Å². The Bertz CT molecular complexity index is 309. The molecular weight excluding hydrogens is 264 g/mol. The number of terminal acetylenes is 1. The number of nitrogens with one attached hydrogen (secondary N) is 1. The highest BCUT2D eigenvalue weighted by molar-refractivity contribution is 8.93. The quantitative estimate of drug-likeness (QED) is 0.484. The molecule has 0 saturated heterocycles.